The average Bonchev–Trinajstić information content (AvgIpc) is 3.22. The first-order valence-corrected chi connectivity index (χ1v) is 13.6. The van der Waals surface area contributed by atoms with E-state index in [2.05, 4.69) is 82.4 Å². The Morgan fingerprint density at radius 1 is 1.19 bits per heavy atom. The van der Waals surface area contributed by atoms with E-state index in [0.717, 1.165) is 55.5 Å². The lowest BCUT2D eigenvalue weighted by Gasteiger charge is -2.34. The molecular formula is C25H41B3N8O. The predicted molar refractivity (Wildman–Crippen MR) is 158 cm³/mol. The van der Waals surface area contributed by atoms with Crippen LogP contribution >= 0.6 is 0 Å². The van der Waals surface area contributed by atoms with Crippen molar-refractivity contribution < 1.29 is 4.74 Å². The highest BCUT2D eigenvalue weighted by molar-refractivity contribution is 6.59. The van der Waals surface area contributed by atoms with Crippen LogP contribution in [0.25, 0.3) is 5.65 Å². The molecule has 0 amide bonds. The molecule has 37 heavy (non-hydrogen) atoms. The molecule has 1 unspecified atom stereocenters. The van der Waals surface area contributed by atoms with Gasteiger partial charge in [-0.25, -0.2) is 14.5 Å². The summed E-state index contributed by atoms with van der Waals surface area (Å²) in [6.45, 7) is 7.59. The molecule has 1 saturated heterocycles. The summed E-state index contributed by atoms with van der Waals surface area (Å²) in [5.74, 6) is 2.18. The fourth-order valence-corrected chi connectivity index (χ4v) is 5.26. The number of rotatable bonds is 10. The number of piperidine rings is 1. The number of anilines is 2. The first kappa shape index (κ1) is 27.3. The lowest BCUT2D eigenvalue weighted by atomic mass is 9.40. The van der Waals surface area contributed by atoms with Crippen LogP contribution in [0.2, 0.25) is 5.11 Å². The van der Waals surface area contributed by atoms with Crippen LogP contribution < -0.4 is 15.4 Å². The maximum atomic E-state index is 6.25. The fraction of sp³-hybridized carbons (Fsp3) is 0.600. The number of nitrogen functional groups attached to an aromatic ring is 1. The van der Waals surface area contributed by atoms with E-state index < -0.39 is 0 Å². The summed E-state index contributed by atoms with van der Waals surface area (Å²) in [7, 11) is 10.8. The van der Waals surface area contributed by atoms with Crippen molar-refractivity contribution in [2.75, 3.05) is 44.4 Å². The number of aryl methyl sites for hydroxylation is 1. The number of ether oxygens (including phenoxy) is 1. The molecule has 4 rings (SSSR count). The Morgan fingerprint density at radius 3 is 2.54 bits per heavy atom. The Kier molecular flexibility index (Phi) is 8.36. The molecule has 0 aliphatic carbocycles. The molecule has 0 spiro atoms. The molecule has 0 radical (unpaired) electrons. The molecule has 0 aromatic carbocycles. The topological polar surface area (TPSA) is 97.7 Å². The molecule has 9 nitrogen and oxygen atoms in total. The van der Waals surface area contributed by atoms with Gasteiger partial charge in [0, 0.05) is 32.3 Å². The molecule has 3 aromatic heterocycles. The molecule has 4 heterocycles. The summed E-state index contributed by atoms with van der Waals surface area (Å²) in [6, 6.07) is 2.52. The number of hydrogen-bond acceptors (Lipinski definition) is 8. The van der Waals surface area contributed by atoms with E-state index in [9.17, 15) is 0 Å². The Morgan fingerprint density at radius 2 is 1.92 bits per heavy atom. The quantitative estimate of drug-likeness (QED) is 0.396. The highest BCUT2D eigenvalue weighted by atomic mass is 16.5. The lowest BCUT2D eigenvalue weighted by Crippen LogP contribution is -2.37. The van der Waals surface area contributed by atoms with Crippen molar-refractivity contribution in [3.8, 4) is 6.01 Å². The van der Waals surface area contributed by atoms with Crippen LogP contribution in [0.15, 0.2) is 18.5 Å². The third-order valence-electron chi connectivity index (χ3n) is 7.23. The highest BCUT2D eigenvalue weighted by Gasteiger charge is 2.27. The second-order valence-electron chi connectivity index (χ2n) is 11.9. The Balaban J connectivity index is 1.51. The van der Waals surface area contributed by atoms with Crippen molar-refractivity contribution in [3.05, 3.63) is 35.3 Å². The van der Waals surface area contributed by atoms with Crippen LogP contribution in [0.5, 0.6) is 6.01 Å². The van der Waals surface area contributed by atoms with Gasteiger partial charge in [0.2, 0.25) is 0 Å². The van der Waals surface area contributed by atoms with Crippen molar-refractivity contribution in [2.45, 2.75) is 57.2 Å². The first-order chi connectivity index (χ1) is 17.5. The molecule has 0 bridgehead atoms. The van der Waals surface area contributed by atoms with E-state index in [-0.39, 0.29) is 11.2 Å². The summed E-state index contributed by atoms with van der Waals surface area (Å²) in [4.78, 5) is 18.5. The van der Waals surface area contributed by atoms with Crippen molar-refractivity contribution in [3.63, 3.8) is 0 Å². The van der Waals surface area contributed by atoms with E-state index in [0.29, 0.717) is 23.9 Å². The van der Waals surface area contributed by atoms with E-state index in [4.69, 9.17) is 15.5 Å². The van der Waals surface area contributed by atoms with Crippen LogP contribution in [-0.2, 0) is 6.42 Å². The van der Waals surface area contributed by atoms with Crippen LogP contribution in [-0.4, -0.2) is 92.8 Å². The summed E-state index contributed by atoms with van der Waals surface area (Å²) < 4.78 is 8.01. The van der Waals surface area contributed by atoms with Gasteiger partial charge in [0.15, 0.2) is 11.5 Å². The minimum absolute atomic E-state index is 0.00587. The smallest absolute Gasteiger partial charge is 0.336 e. The second-order valence-corrected chi connectivity index (χ2v) is 11.9. The van der Waals surface area contributed by atoms with E-state index in [1.165, 1.54) is 18.4 Å². The Bertz CT molecular complexity index is 1200. The molecule has 12 heteroatoms. The number of aromatic nitrogens is 5. The van der Waals surface area contributed by atoms with E-state index in [1.807, 2.05) is 12.4 Å². The van der Waals surface area contributed by atoms with Gasteiger partial charge >= 0.3 is 6.01 Å². The van der Waals surface area contributed by atoms with Gasteiger partial charge in [0.05, 0.1) is 41.5 Å². The van der Waals surface area contributed by atoms with Gasteiger partial charge in [-0.15, -0.1) is 5.10 Å². The zero-order valence-corrected chi connectivity index (χ0v) is 23.7. The van der Waals surface area contributed by atoms with Gasteiger partial charge in [-0.2, -0.15) is 4.98 Å². The van der Waals surface area contributed by atoms with E-state index >= 15 is 0 Å². The number of hydrogen-bond donors (Lipinski definition) is 1. The summed E-state index contributed by atoms with van der Waals surface area (Å²) in [6.07, 6.45) is 8.80. The number of pyridine rings is 1. The van der Waals surface area contributed by atoms with Crippen LogP contribution in [0, 0.1) is 12.8 Å². The predicted octanol–water partition coefficient (Wildman–Crippen LogP) is 0.299. The van der Waals surface area contributed by atoms with Crippen LogP contribution in [0.4, 0.5) is 11.6 Å². The molecular weight excluding hydrogens is 461 g/mol. The standard InChI is InChI=1S/C25H41B3N8O/c1-5-6-20(25(26,27)28)37-24-32-21(29)23-31-14-19(36(23)33-24)12-18-11-16(2)22(30-13-18)35-9-7-17(8-10-35)15-34(3)4/h11,13-14,17,20H,5-10,12,15,26-28H2,1-4H3,(H2,29,32,33). The van der Waals surface area contributed by atoms with Gasteiger partial charge in [-0.05, 0) is 57.3 Å². The summed E-state index contributed by atoms with van der Waals surface area (Å²) in [5, 5.41) is 4.64. The molecule has 0 saturated carbocycles. The van der Waals surface area contributed by atoms with Crippen LogP contribution in [0.3, 0.4) is 0 Å². The largest absolute Gasteiger partial charge is 0.461 e. The third-order valence-corrected chi connectivity index (χ3v) is 7.23. The normalized spacial score (nSPS) is 16.0. The van der Waals surface area contributed by atoms with Crippen molar-refractivity contribution in [1.82, 2.24) is 29.5 Å². The highest BCUT2D eigenvalue weighted by Crippen LogP contribution is 2.27. The lowest BCUT2D eigenvalue weighted by molar-refractivity contribution is 0.172. The van der Waals surface area contributed by atoms with Crippen molar-refractivity contribution in [2.24, 2.45) is 5.92 Å². The molecule has 3 aromatic rings. The van der Waals surface area contributed by atoms with Gasteiger partial charge < -0.3 is 20.3 Å². The maximum Gasteiger partial charge on any atom is 0.336 e. The third kappa shape index (κ3) is 6.58. The van der Waals surface area contributed by atoms with Crippen molar-refractivity contribution >= 4 is 40.8 Å². The number of nitrogens with two attached hydrogens (primary N) is 1. The molecule has 1 fully saturated rings. The zero-order chi connectivity index (χ0) is 26.7. The van der Waals surface area contributed by atoms with Gasteiger partial charge in [-0.1, -0.05) is 24.5 Å². The van der Waals surface area contributed by atoms with Gasteiger partial charge in [0.1, 0.15) is 5.82 Å². The second kappa shape index (κ2) is 11.3. The SMILES string of the molecule is BC(B)(B)C(CCC)Oc1nc(N)c2ncc(Cc3cnc(N4CCC(CN(C)C)CC4)c(C)c3)n2n1. The number of nitrogens with zero attached hydrogens (tertiary/aromatic N) is 7. The molecule has 196 valence electrons. The van der Waals surface area contributed by atoms with Gasteiger partial charge in [0.25, 0.3) is 0 Å². The van der Waals surface area contributed by atoms with Gasteiger partial charge in [-0.3, -0.25) is 0 Å². The van der Waals surface area contributed by atoms with Crippen molar-refractivity contribution in [1.29, 1.82) is 0 Å². The summed E-state index contributed by atoms with van der Waals surface area (Å²) >= 11 is 0. The number of fused-ring (bicyclic) bond motifs is 1. The van der Waals surface area contributed by atoms with E-state index in [1.54, 1.807) is 4.52 Å². The summed E-state index contributed by atoms with van der Waals surface area (Å²) in [5.41, 5.74) is 10.0. The zero-order valence-electron chi connectivity index (χ0n) is 23.7. The monoisotopic (exact) mass is 502 g/mol. The number of imidazole rings is 1. The minimum atomic E-state index is -0.0343. The minimum Gasteiger partial charge on any atom is -0.461 e. The maximum absolute atomic E-state index is 6.25. The molecule has 1 aliphatic heterocycles. The molecule has 2 N–H and O–H groups in total. The first-order valence-electron chi connectivity index (χ1n) is 13.6. The van der Waals surface area contributed by atoms with Crippen LogP contribution in [0.1, 0.15) is 49.4 Å². The Labute approximate surface area is 223 Å². The fourth-order valence-electron chi connectivity index (χ4n) is 5.26. The Hall–Kier alpha value is -2.75. The molecule has 1 aliphatic rings. The molecule has 1 atom stereocenters. The average molecular weight is 502 g/mol.